The average molecular weight is 285 g/mol. The monoisotopic (exact) mass is 285 g/mol. The summed E-state index contributed by atoms with van der Waals surface area (Å²) in [5.74, 6) is -0.0858. The topological polar surface area (TPSA) is 78.9 Å². The highest BCUT2D eigenvalue weighted by Gasteiger charge is 2.18. The van der Waals surface area contributed by atoms with Gasteiger partial charge in [-0.1, -0.05) is 48.5 Å². The third-order valence-electron chi connectivity index (χ3n) is 3.28. The van der Waals surface area contributed by atoms with Gasteiger partial charge in [0, 0.05) is 12.1 Å². The number of oxime groups is 1. The van der Waals surface area contributed by atoms with E-state index in [1.54, 1.807) is 11.0 Å². The molecule has 0 bridgehead atoms. The first-order valence-corrected chi connectivity index (χ1v) is 6.90. The summed E-state index contributed by atoms with van der Waals surface area (Å²) in [6, 6.07) is 13.4. The number of fused-ring (bicyclic) bond motifs is 1. The summed E-state index contributed by atoms with van der Waals surface area (Å²) in [4.78, 5) is 14.3. The molecule has 1 amide bonds. The molecule has 0 spiro atoms. The maximum absolute atomic E-state index is 12.7. The Morgan fingerprint density at radius 2 is 1.95 bits per heavy atom. The first-order chi connectivity index (χ1) is 10.2. The molecule has 0 fully saturated rings. The summed E-state index contributed by atoms with van der Waals surface area (Å²) in [7, 11) is 0. The van der Waals surface area contributed by atoms with E-state index in [9.17, 15) is 4.79 Å². The van der Waals surface area contributed by atoms with Gasteiger partial charge in [0.15, 0.2) is 5.84 Å². The number of amidine groups is 1. The van der Waals surface area contributed by atoms with Gasteiger partial charge in [-0.2, -0.15) is 0 Å². The van der Waals surface area contributed by atoms with Gasteiger partial charge >= 0.3 is 0 Å². The molecule has 0 heterocycles. The molecule has 0 aromatic heterocycles. The van der Waals surface area contributed by atoms with Crippen LogP contribution in [0.25, 0.3) is 10.8 Å². The van der Waals surface area contributed by atoms with E-state index >= 15 is 0 Å². The second-order valence-electron chi connectivity index (χ2n) is 4.84. The van der Waals surface area contributed by atoms with Crippen molar-refractivity contribution in [3.8, 4) is 0 Å². The molecule has 2 aromatic carbocycles. The Balaban J connectivity index is 2.39. The summed E-state index contributed by atoms with van der Waals surface area (Å²) in [6.45, 7) is 2.65. The first-order valence-electron chi connectivity index (χ1n) is 6.90. The molecule has 0 saturated heterocycles. The number of nitrogens with two attached hydrogens (primary N) is 1. The van der Waals surface area contributed by atoms with E-state index in [-0.39, 0.29) is 18.3 Å². The number of rotatable bonds is 5. The lowest BCUT2D eigenvalue weighted by atomic mass is 10.0. The minimum Gasteiger partial charge on any atom is -0.409 e. The molecule has 2 aromatic rings. The van der Waals surface area contributed by atoms with Gasteiger partial charge in [-0.25, -0.2) is 0 Å². The maximum atomic E-state index is 12.7. The van der Waals surface area contributed by atoms with E-state index in [2.05, 4.69) is 5.16 Å². The van der Waals surface area contributed by atoms with Gasteiger partial charge in [-0.3, -0.25) is 4.79 Å². The van der Waals surface area contributed by atoms with Crippen LogP contribution in [-0.4, -0.2) is 34.9 Å². The summed E-state index contributed by atoms with van der Waals surface area (Å²) < 4.78 is 0. The zero-order valence-electron chi connectivity index (χ0n) is 12.0. The Morgan fingerprint density at radius 3 is 2.67 bits per heavy atom. The number of nitrogens with zero attached hydrogens (tertiary/aromatic N) is 2. The Morgan fingerprint density at radius 1 is 1.24 bits per heavy atom. The number of amides is 1. The molecular weight excluding hydrogens is 266 g/mol. The lowest BCUT2D eigenvalue weighted by Gasteiger charge is -2.22. The van der Waals surface area contributed by atoms with Crippen LogP contribution in [0.3, 0.4) is 0 Å². The van der Waals surface area contributed by atoms with E-state index in [0.29, 0.717) is 12.1 Å². The zero-order chi connectivity index (χ0) is 15.2. The molecule has 0 aliphatic heterocycles. The Hall–Kier alpha value is -2.56. The number of hydrogen-bond donors (Lipinski definition) is 2. The minimum absolute atomic E-state index is 0.0250. The highest BCUT2D eigenvalue weighted by Crippen LogP contribution is 2.20. The fourth-order valence-electron chi connectivity index (χ4n) is 2.33. The van der Waals surface area contributed by atoms with Gasteiger partial charge in [0.25, 0.3) is 5.91 Å². The molecular formula is C16H19N3O2. The largest absolute Gasteiger partial charge is 0.409 e. The molecule has 0 radical (unpaired) electrons. The molecule has 0 aliphatic carbocycles. The van der Waals surface area contributed by atoms with Gasteiger partial charge in [0.05, 0.1) is 6.54 Å². The van der Waals surface area contributed by atoms with Gasteiger partial charge in [0.1, 0.15) is 0 Å². The van der Waals surface area contributed by atoms with Crippen molar-refractivity contribution in [1.82, 2.24) is 4.90 Å². The van der Waals surface area contributed by atoms with Crippen LogP contribution in [0.2, 0.25) is 0 Å². The van der Waals surface area contributed by atoms with Crippen molar-refractivity contribution in [1.29, 1.82) is 0 Å². The van der Waals surface area contributed by atoms with Crippen molar-refractivity contribution in [2.75, 3.05) is 13.1 Å². The fourth-order valence-corrected chi connectivity index (χ4v) is 2.33. The van der Waals surface area contributed by atoms with Gasteiger partial charge in [-0.15, -0.1) is 0 Å². The minimum atomic E-state index is -0.111. The van der Waals surface area contributed by atoms with Crippen molar-refractivity contribution < 1.29 is 10.0 Å². The fraction of sp³-hybridized carbons (Fsp3) is 0.250. The van der Waals surface area contributed by atoms with Crippen LogP contribution in [0, 0.1) is 0 Å². The first kappa shape index (κ1) is 14.8. The van der Waals surface area contributed by atoms with E-state index in [1.165, 1.54) is 0 Å². The molecule has 0 atom stereocenters. The van der Waals surface area contributed by atoms with Crippen molar-refractivity contribution >= 4 is 22.5 Å². The SMILES string of the molecule is CCCN(CC(N)=NO)C(=O)c1cccc2ccccc12. The smallest absolute Gasteiger partial charge is 0.254 e. The number of benzene rings is 2. The predicted molar refractivity (Wildman–Crippen MR) is 83.6 cm³/mol. The quantitative estimate of drug-likeness (QED) is 0.383. The van der Waals surface area contributed by atoms with Crippen LogP contribution < -0.4 is 5.73 Å². The summed E-state index contributed by atoms with van der Waals surface area (Å²) >= 11 is 0. The Labute approximate surface area is 123 Å². The lowest BCUT2D eigenvalue weighted by Crippen LogP contribution is -2.39. The third-order valence-corrected chi connectivity index (χ3v) is 3.28. The zero-order valence-corrected chi connectivity index (χ0v) is 12.0. The van der Waals surface area contributed by atoms with Crippen LogP contribution in [-0.2, 0) is 0 Å². The van der Waals surface area contributed by atoms with Crippen molar-refractivity contribution in [2.45, 2.75) is 13.3 Å². The molecule has 0 aliphatic rings. The second-order valence-corrected chi connectivity index (χ2v) is 4.84. The molecule has 5 nitrogen and oxygen atoms in total. The number of carbonyl (C=O) groups is 1. The van der Waals surface area contributed by atoms with Crippen molar-refractivity contribution in [3.63, 3.8) is 0 Å². The highest BCUT2D eigenvalue weighted by atomic mass is 16.4. The van der Waals surface area contributed by atoms with E-state index in [0.717, 1.165) is 17.2 Å². The van der Waals surface area contributed by atoms with Gasteiger partial charge < -0.3 is 15.8 Å². The van der Waals surface area contributed by atoms with E-state index in [4.69, 9.17) is 10.9 Å². The maximum Gasteiger partial charge on any atom is 0.254 e. The van der Waals surface area contributed by atoms with Crippen molar-refractivity contribution in [3.05, 3.63) is 48.0 Å². The molecule has 2 rings (SSSR count). The highest BCUT2D eigenvalue weighted by molar-refractivity contribution is 6.07. The van der Waals surface area contributed by atoms with E-state index in [1.807, 2.05) is 43.3 Å². The normalized spacial score (nSPS) is 11.6. The third kappa shape index (κ3) is 3.31. The predicted octanol–water partition coefficient (Wildman–Crippen LogP) is 2.44. The molecule has 3 N–H and O–H groups in total. The van der Waals surface area contributed by atoms with Crippen LogP contribution in [0.4, 0.5) is 0 Å². The molecule has 5 heteroatoms. The number of carbonyl (C=O) groups excluding carboxylic acids is 1. The van der Waals surface area contributed by atoms with Crippen LogP contribution in [0.1, 0.15) is 23.7 Å². The molecule has 21 heavy (non-hydrogen) atoms. The van der Waals surface area contributed by atoms with Crippen LogP contribution >= 0.6 is 0 Å². The standard InChI is InChI=1S/C16H19N3O2/c1-2-10-19(11-15(17)18-21)16(20)14-9-5-7-12-6-3-4-8-13(12)14/h3-9,21H,2,10-11H2,1H3,(H2,17,18). The average Bonchev–Trinajstić information content (AvgIpc) is 2.53. The summed E-state index contributed by atoms with van der Waals surface area (Å²) in [6.07, 6.45) is 0.801. The Bertz CT molecular complexity index is 662. The van der Waals surface area contributed by atoms with E-state index < -0.39 is 0 Å². The summed E-state index contributed by atoms with van der Waals surface area (Å²) in [5.41, 5.74) is 6.17. The summed E-state index contributed by atoms with van der Waals surface area (Å²) in [5, 5.41) is 13.6. The van der Waals surface area contributed by atoms with Crippen LogP contribution in [0.15, 0.2) is 47.6 Å². The van der Waals surface area contributed by atoms with Crippen LogP contribution in [0.5, 0.6) is 0 Å². The number of hydrogen-bond acceptors (Lipinski definition) is 3. The lowest BCUT2D eigenvalue weighted by molar-refractivity contribution is 0.0780. The van der Waals surface area contributed by atoms with Gasteiger partial charge in [-0.05, 0) is 23.3 Å². The molecule has 0 saturated carbocycles. The van der Waals surface area contributed by atoms with Gasteiger partial charge in [0.2, 0.25) is 0 Å². The Kier molecular flexibility index (Phi) is 4.77. The molecule has 110 valence electrons. The second kappa shape index (κ2) is 6.74. The van der Waals surface area contributed by atoms with Crippen molar-refractivity contribution in [2.24, 2.45) is 10.9 Å². The molecule has 0 unspecified atom stereocenters.